The van der Waals surface area contributed by atoms with Gasteiger partial charge in [-0.2, -0.15) is 0 Å². The summed E-state index contributed by atoms with van der Waals surface area (Å²) in [4.78, 5) is 10.2. The molecule has 7 nitrogen and oxygen atoms in total. The smallest absolute Gasteiger partial charge is 0.272 e. The van der Waals surface area contributed by atoms with Gasteiger partial charge in [-0.05, 0) is 31.2 Å². The van der Waals surface area contributed by atoms with E-state index in [1.54, 1.807) is 12.1 Å². The molecule has 110 valence electrons. The number of nitrogen functional groups attached to an aromatic ring is 1. The number of hydrogen-bond acceptors (Lipinski definition) is 5. The van der Waals surface area contributed by atoms with Crippen molar-refractivity contribution in [1.82, 2.24) is 0 Å². The first-order valence-electron chi connectivity index (χ1n) is 5.93. The molecular weight excluding hydrogens is 294 g/mol. The molecule has 2 rings (SSSR count). The molecule has 8 heteroatoms. The lowest BCUT2D eigenvalue weighted by Gasteiger charge is -2.10. The van der Waals surface area contributed by atoms with Crippen LogP contribution in [0.5, 0.6) is 0 Å². The molecule has 0 aliphatic heterocycles. The van der Waals surface area contributed by atoms with Crippen LogP contribution in [0.3, 0.4) is 0 Å². The molecular formula is C13H13N3O4S. The molecule has 2 aromatic rings. The molecule has 0 aliphatic carbocycles. The molecule has 0 aliphatic rings. The first-order valence-corrected chi connectivity index (χ1v) is 7.42. The fourth-order valence-electron chi connectivity index (χ4n) is 1.86. The summed E-state index contributed by atoms with van der Waals surface area (Å²) in [5.41, 5.74) is 6.30. The molecule has 0 amide bonds. The molecule has 3 N–H and O–H groups in total. The molecule has 0 heterocycles. The molecule has 2 aromatic carbocycles. The molecule has 0 aromatic heterocycles. The van der Waals surface area contributed by atoms with Crippen LogP contribution in [0.2, 0.25) is 0 Å². The third-order valence-corrected chi connectivity index (χ3v) is 4.31. The number of nitrogens with one attached hydrogen (secondary N) is 1. The predicted molar refractivity (Wildman–Crippen MR) is 79.5 cm³/mol. The fourth-order valence-corrected chi connectivity index (χ4v) is 3.04. The van der Waals surface area contributed by atoms with Crippen LogP contribution in [-0.2, 0) is 10.0 Å². The molecule has 0 bridgehead atoms. The van der Waals surface area contributed by atoms with Gasteiger partial charge in [0, 0.05) is 17.3 Å². The summed E-state index contributed by atoms with van der Waals surface area (Å²) in [6.07, 6.45) is 0. The molecule has 0 atom stereocenters. The van der Waals surface area contributed by atoms with E-state index in [9.17, 15) is 18.5 Å². The van der Waals surface area contributed by atoms with E-state index in [4.69, 9.17) is 5.73 Å². The number of rotatable bonds is 4. The van der Waals surface area contributed by atoms with E-state index >= 15 is 0 Å². The second-order valence-corrected chi connectivity index (χ2v) is 6.05. The van der Waals surface area contributed by atoms with Gasteiger partial charge in [-0.15, -0.1) is 0 Å². The highest BCUT2D eigenvalue weighted by molar-refractivity contribution is 7.92. The van der Waals surface area contributed by atoms with Gasteiger partial charge < -0.3 is 5.73 Å². The van der Waals surface area contributed by atoms with E-state index in [0.717, 1.165) is 0 Å². The van der Waals surface area contributed by atoms with Crippen molar-refractivity contribution in [3.8, 4) is 0 Å². The average Bonchev–Trinajstić information content (AvgIpc) is 2.38. The number of nitrogens with zero attached hydrogens (tertiary/aromatic N) is 1. The Hall–Kier alpha value is -2.61. The number of nitrogens with two attached hydrogens (primary N) is 1. The number of hydrogen-bond donors (Lipinski definition) is 2. The Labute approximate surface area is 121 Å². The zero-order valence-electron chi connectivity index (χ0n) is 11.1. The second-order valence-electron chi connectivity index (χ2n) is 4.40. The number of sulfonamides is 1. The summed E-state index contributed by atoms with van der Waals surface area (Å²) in [5, 5.41) is 10.7. The molecule has 0 spiro atoms. The van der Waals surface area contributed by atoms with E-state index in [-0.39, 0.29) is 22.0 Å². The number of anilines is 2. The van der Waals surface area contributed by atoms with E-state index in [1.165, 1.54) is 37.3 Å². The average molecular weight is 307 g/mol. The predicted octanol–water partition coefficient (Wildman–Crippen LogP) is 2.29. The zero-order valence-corrected chi connectivity index (χ0v) is 11.9. The standard InChI is InChI=1S/C13H13N3O4S/c1-9-8-10(6-7-12(9)16(17)18)15-21(19,20)13-5-3-2-4-11(13)14/h2-8,15H,14H2,1H3. The maximum atomic E-state index is 12.2. The van der Waals surface area contributed by atoms with E-state index < -0.39 is 14.9 Å². The van der Waals surface area contributed by atoms with Crippen molar-refractivity contribution >= 4 is 27.1 Å². The van der Waals surface area contributed by atoms with E-state index in [0.29, 0.717) is 5.56 Å². The lowest BCUT2D eigenvalue weighted by molar-refractivity contribution is -0.385. The number of nitro benzene ring substituents is 1. The SMILES string of the molecule is Cc1cc(NS(=O)(=O)c2ccccc2N)ccc1[N+](=O)[O-]. The first-order chi connectivity index (χ1) is 9.81. The zero-order chi connectivity index (χ0) is 15.6. The van der Waals surface area contributed by atoms with Gasteiger partial charge in [-0.25, -0.2) is 8.42 Å². The van der Waals surface area contributed by atoms with Gasteiger partial charge in [0.05, 0.1) is 10.6 Å². The summed E-state index contributed by atoms with van der Waals surface area (Å²) < 4.78 is 26.8. The van der Waals surface area contributed by atoms with Crippen LogP contribution >= 0.6 is 0 Å². The third-order valence-electron chi connectivity index (χ3n) is 2.85. The van der Waals surface area contributed by atoms with Crippen molar-refractivity contribution in [2.45, 2.75) is 11.8 Å². The topological polar surface area (TPSA) is 115 Å². The molecule has 0 radical (unpaired) electrons. The van der Waals surface area contributed by atoms with Crippen LogP contribution in [0.1, 0.15) is 5.56 Å². The van der Waals surface area contributed by atoms with Crippen molar-refractivity contribution in [2.24, 2.45) is 0 Å². The molecule has 0 saturated carbocycles. The molecule has 0 unspecified atom stereocenters. The van der Waals surface area contributed by atoms with Crippen LogP contribution in [0.15, 0.2) is 47.4 Å². The maximum absolute atomic E-state index is 12.2. The molecule has 21 heavy (non-hydrogen) atoms. The van der Waals surface area contributed by atoms with Crippen molar-refractivity contribution in [3.05, 3.63) is 58.1 Å². The van der Waals surface area contributed by atoms with Gasteiger partial charge >= 0.3 is 0 Å². The van der Waals surface area contributed by atoms with Crippen LogP contribution in [0.4, 0.5) is 17.1 Å². The monoisotopic (exact) mass is 307 g/mol. The molecule has 0 fully saturated rings. The van der Waals surface area contributed by atoms with Crippen LogP contribution in [0, 0.1) is 17.0 Å². The fraction of sp³-hybridized carbons (Fsp3) is 0.0769. The lowest BCUT2D eigenvalue weighted by atomic mass is 10.2. The van der Waals surface area contributed by atoms with Gasteiger partial charge in [0.2, 0.25) is 0 Å². The Bertz CT molecular complexity index is 803. The summed E-state index contributed by atoms with van der Waals surface area (Å²) >= 11 is 0. The third kappa shape index (κ3) is 3.11. The highest BCUT2D eigenvalue weighted by Crippen LogP contribution is 2.25. The minimum absolute atomic E-state index is 0.0407. The highest BCUT2D eigenvalue weighted by atomic mass is 32.2. The minimum atomic E-state index is -3.84. The minimum Gasteiger partial charge on any atom is -0.398 e. The largest absolute Gasteiger partial charge is 0.398 e. The van der Waals surface area contributed by atoms with Crippen molar-refractivity contribution < 1.29 is 13.3 Å². The Balaban J connectivity index is 2.36. The van der Waals surface area contributed by atoms with Gasteiger partial charge in [-0.1, -0.05) is 12.1 Å². The van der Waals surface area contributed by atoms with Crippen molar-refractivity contribution in [1.29, 1.82) is 0 Å². The number of nitro groups is 1. The Morgan fingerprint density at radius 1 is 1.19 bits per heavy atom. The maximum Gasteiger partial charge on any atom is 0.272 e. The van der Waals surface area contributed by atoms with Gasteiger partial charge in [-0.3, -0.25) is 14.8 Å². The second kappa shape index (κ2) is 5.41. The Morgan fingerprint density at radius 3 is 2.43 bits per heavy atom. The van der Waals surface area contributed by atoms with E-state index in [1.807, 2.05) is 0 Å². The van der Waals surface area contributed by atoms with Gasteiger partial charge in [0.1, 0.15) is 4.90 Å². The first kappa shape index (κ1) is 14.8. The highest BCUT2D eigenvalue weighted by Gasteiger charge is 2.18. The van der Waals surface area contributed by atoms with Crippen LogP contribution < -0.4 is 10.5 Å². The van der Waals surface area contributed by atoms with Crippen LogP contribution in [0.25, 0.3) is 0 Å². The lowest BCUT2D eigenvalue weighted by Crippen LogP contribution is -2.14. The number of benzene rings is 2. The van der Waals surface area contributed by atoms with Gasteiger partial charge in [0.25, 0.3) is 15.7 Å². The summed E-state index contributed by atoms with van der Waals surface area (Å²) in [6.45, 7) is 1.53. The Kier molecular flexibility index (Phi) is 3.81. The normalized spacial score (nSPS) is 11.1. The van der Waals surface area contributed by atoms with Crippen LogP contribution in [-0.4, -0.2) is 13.3 Å². The molecule has 0 saturated heterocycles. The van der Waals surface area contributed by atoms with Gasteiger partial charge in [0.15, 0.2) is 0 Å². The van der Waals surface area contributed by atoms with Crippen molar-refractivity contribution in [2.75, 3.05) is 10.5 Å². The Morgan fingerprint density at radius 2 is 1.86 bits per heavy atom. The van der Waals surface area contributed by atoms with E-state index in [2.05, 4.69) is 4.72 Å². The number of aryl methyl sites for hydroxylation is 1. The summed E-state index contributed by atoms with van der Waals surface area (Å²) in [5.74, 6) is 0. The van der Waals surface area contributed by atoms with Crippen molar-refractivity contribution in [3.63, 3.8) is 0 Å². The quantitative estimate of drug-likeness (QED) is 0.511. The number of para-hydroxylation sites is 1. The summed E-state index contributed by atoms with van der Waals surface area (Å²) in [7, 11) is -3.84. The summed E-state index contributed by atoms with van der Waals surface area (Å²) in [6, 6.07) is 10.0.